The minimum atomic E-state index is -0.426. The molecule has 1 amide bonds. The van der Waals surface area contributed by atoms with Crippen LogP contribution >= 0.6 is 0 Å². The highest BCUT2D eigenvalue weighted by Crippen LogP contribution is 2.23. The number of rotatable bonds is 5. The number of likely N-dealkylation sites (tertiary alicyclic amines) is 1. The van der Waals surface area contributed by atoms with E-state index in [0.717, 1.165) is 18.5 Å². The number of nitrogens with zero attached hydrogens (tertiary/aromatic N) is 2. The minimum absolute atomic E-state index is 0.247. The van der Waals surface area contributed by atoms with E-state index >= 15 is 0 Å². The molecule has 2 rings (SSSR count). The van der Waals surface area contributed by atoms with Crippen molar-refractivity contribution in [2.24, 2.45) is 5.84 Å². The molecule has 1 aliphatic heterocycles. The predicted molar refractivity (Wildman–Crippen MR) is 78.5 cm³/mol. The molecular formula is C14H24N4O3. The van der Waals surface area contributed by atoms with E-state index in [2.05, 4.69) is 15.2 Å². The predicted octanol–water partition coefficient (Wildman–Crippen LogP) is -0.312. The maximum atomic E-state index is 11.6. The highest BCUT2D eigenvalue weighted by Gasteiger charge is 2.32. The molecule has 4 N–H and O–H groups in total. The van der Waals surface area contributed by atoms with Crippen molar-refractivity contribution in [2.45, 2.75) is 32.0 Å². The Morgan fingerprint density at radius 3 is 2.95 bits per heavy atom. The summed E-state index contributed by atoms with van der Waals surface area (Å²) in [6.07, 6.45) is 0.450. The number of β-amino-alcohol motifs (C(OH)–C–C–N with tert-alkyl or cyclic N) is 1. The summed E-state index contributed by atoms with van der Waals surface area (Å²) in [6.45, 7) is 3.89. The molecule has 0 bridgehead atoms. The number of amides is 1. The molecular weight excluding hydrogens is 272 g/mol. The van der Waals surface area contributed by atoms with Gasteiger partial charge in [-0.25, -0.2) is 5.84 Å². The molecule has 2 heterocycles. The van der Waals surface area contributed by atoms with Gasteiger partial charge in [-0.05, 0) is 33.5 Å². The van der Waals surface area contributed by atoms with Gasteiger partial charge in [0, 0.05) is 24.7 Å². The number of carbonyl (C=O) groups excluding carboxylic acids is 1. The average molecular weight is 296 g/mol. The van der Waals surface area contributed by atoms with Crippen LogP contribution in [0.15, 0.2) is 10.5 Å². The number of aliphatic hydroxyl groups is 1. The number of nitrogen functional groups attached to an aromatic ring is 1. The van der Waals surface area contributed by atoms with E-state index in [1.165, 1.54) is 0 Å². The summed E-state index contributed by atoms with van der Waals surface area (Å²) in [5.41, 5.74) is 2.84. The molecule has 21 heavy (non-hydrogen) atoms. The van der Waals surface area contributed by atoms with Crippen LogP contribution in [-0.2, 0) is 6.54 Å². The van der Waals surface area contributed by atoms with Crippen LogP contribution in [0.1, 0.15) is 28.3 Å². The molecule has 118 valence electrons. The van der Waals surface area contributed by atoms with Crippen LogP contribution < -0.4 is 11.3 Å². The van der Waals surface area contributed by atoms with Gasteiger partial charge in [0.2, 0.25) is 0 Å². The lowest BCUT2D eigenvalue weighted by atomic mass is 10.2. The second kappa shape index (κ2) is 6.57. The van der Waals surface area contributed by atoms with E-state index in [4.69, 9.17) is 10.3 Å². The lowest BCUT2D eigenvalue weighted by Gasteiger charge is -2.25. The van der Waals surface area contributed by atoms with Gasteiger partial charge in [-0.3, -0.25) is 15.1 Å². The number of likely N-dealkylation sites (N-methyl/N-ethyl adjacent to an activating group) is 1. The highest BCUT2D eigenvalue weighted by molar-refractivity contribution is 5.92. The van der Waals surface area contributed by atoms with Crippen LogP contribution in [0.4, 0.5) is 0 Å². The number of aryl methyl sites for hydroxylation is 1. The summed E-state index contributed by atoms with van der Waals surface area (Å²) in [5, 5.41) is 9.88. The SMILES string of the molecule is Cc1cc(CN2CC(O)CC2CN(C)C)oc1C(=O)NN. The smallest absolute Gasteiger partial charge is 0.301 e. The number of hydrogen-bond donors (Lipinski definition) is 3. The Balaban J connectivity index is 2.08. The van der Waals surface area contributed by atoms with E-state index in [-0.39, 0.29) is 17.9 Å². The van der Waals surface area contributed by atoms with Crippen molar-refractivity contribution in [3.8, 4) is 0 Å². The average Bonchev–Trinajstić information content (AvgIpc) is 2.92. The van der Waals surface area contributed by atoms with E-state index < -0.39 is 5.91 Å². The first kappa shape index (κ1) is 16.0. The first-order valence-electron chi connectivity index (χ1n) is 7.07. The van der Waals surface area contributed by atoms with E-state index in [0.29, 0.717) is 18.8 Å². The third kappa shape index (κ3) is 3.82. The molecule has 1 saturated heterocycles. The second-order valence-electron chi connectivity index (χ2n) is 5.93. The number of carbonyl (C=O) groups is 1. The molecule has 7 heteroatoms. The number of hydrazine groups is 1. The second-order valence-corrected chi connectivity index (χ2v) is 5.93. The molecule has 0 aliphatic carbocycles. The van der Waals surface area contributed by atoms with E-state index in [1.807, 2.05) is 27.1 Å². The fourth-order valence-corrected chi connectivity index (χ4v) is 2.88. The number of nitrogens with one attached hydrogen (secondary N) is 1. The first-order valence-corrected chi connectivity index (χ1v) is 7.07. The topological polar surface area (TPSA) is 95.0 Å². The molecule has 2 unspecified atom stereocenters. The summed E-state index contributed by atoms with van der Waals surface area (Å²) in [6, 6.07) is 2.13. The van der Waals surface area contributed by atoms with Crippen molar-refractivity contribution in [3.05, 3.63) is 23.2 Å². The van der Waals surface area contributed by atoms with Crippen molar-refractivity contribution in [1.82, 2.24) is 15.2 Å². The summed E-state index contributed by atoms with van der Waals surface area (Å²) in [7, 11) is 4.03. The zero-order valence-electron chi connectivity index (χ0n) is 12.8. The molecule has 1 aromatic heterocycles. The molecule has 0 spiro atoms. The van der Waals surface area contributed by atoms with Gasteiger partial charge in [-0.2, -0.15) is 0 Å². The molecule has 7 nitrogen and oxygen atoms in total. The number of furan rings is 1. The molecule has 0 radical (unpaired) electrons. The summed E-state index contributed by atoms with van der Waals surface area (Å²) in [4.78, 5) is 15.9. The van der Waals surface area contributed by atoms with Gasteiger partial charge >= 0.3 is 5.91 Å². The Hall–Kier alpha value is -1.41. The van der Waals surface area contributed by atoms with Gasteiger partial charge in [0.1, 0.15) is 5.76 Å². The maximum Gasteiger partial charge on any atom is 0.301 e. The van der Waals surface area contributed by atoms with Gasteiger partial charge in [-0.15, -0.1) is 0 Å². The van der Waals surface area contributed by atoms with Crippen LogP contribution in [0.2, 0.25) is 0 Å². The van der Waals surface area contributed by atoms with Crippen molar-refractivity contribution < 1.29 is 14.3 Å². The summed E-state index contributed by atoms with van der Waals surface area (Å²) < 4.78 is 5.59. The molecule has 2 atom stereocenters. The third-order valence-corrected chi connectivity index (χ3v) is 3.75. The monoisotopic (exact) mass is 296 g/mol. The molecule has 0 saturated carbocycles. The Morgan fingerprint density at radius 2 is 2.33 bits per heavy atom. The molecule has 0 aromatic carbocycles. The minimum Gasteiger partial charge on any atom is -0.454 e. The maximum absolute atomic E-state index is 11.6. The van der Waals surface area contributed by atoms with Gasteiger partial charge in [0.25, 0.3) is 0 Å². The van der Waals surface area contributed by atoms with Crippen LogP contribution in [0.25, 0.3) is 0 Å². The highest BCUT2D eigenvalue weighted by atomic mass is 16.4. The Bertz CT molecular complexity index is 500. The number of hydrogen-bond acceptors (Lipinski definition) is 6. The largest absolute Gasteiger partial charge is 0.454 e. The van der Waals surface area contributed by atoms with Crippen LogP contribution in [0.3, 0.4) is 0 Å². The summed E-state index contributed by atoms with van der Waals surface area (Å²) >= 11 is 0. The number of aliphatic hydroxyl groups excluding tert-OH is 1. The van der Waals surface area contributed by atoms with Crippen molar-refractivity contribution >= 4 is 5.91 Å². The Morgan fingerprint density at radius 1 is 1.62 bits per heavy atom. The standard InChI is InChI=1S/C14H24N4O3/c1-9-4-12(21-13(9)14(20)16-15)8-18-7-11(19)5-10(18)6-17(2)3/h4,10-11,19H,5-8,15H2,1-3H3,(H,16,20). The fourth-order valence-electron chi connectivity index (χ4n) is 2.88. The quantitative estimate of drug-likeness (QED) is 0.392. The lowest BCUT2D eigenvalue weighted by Crippen LogP contribution is -2.37. The van der Waals surface area contributed by atoms with E-state index in [1.54, 1.807) is 0 Å². The van der Waals surface area contributed by atoms with Crippen LogP contribution in [-0.4, -0.2) is 60.1 Å². The molecule has 1 fully saturated rings. The van der Waals surface area contributed by atoms with Crippen LogP contribution in [0.5, 0.6) is 0 Å². The Kier molecular flexibility index (Phi) is 5.00. The third-order valence-electron chi connectivity index (χ3n) is 3.75. The van der Waals surface area contributed by atoms with Crippen molar-refractivity contribution in [1.29, 1.82) is 0 Å². The molecule has 1 aliphatic rings. The van der Waals surface area contributed by atoms with Gasteiger partial charge in [0.05, 0.1) is 12.6 Å². The van der Waals surface area contributed by atoms with Crippen molar-refractivity contribution in [2.75, 3.05) is 27.2 Å². The number of nitrogens with two attached hydrogens (primary N) is 1. The van der Waals surface area contributed by atoms with Crippen molar-refractivity contribution in [3.63, 3.8) is 0 Å². The lowest BCUT2D eigenvalue weighted by molar-refractivity contribution is 0.0919. The summed E-state index contributed by atoms with van der Waals surface area (Å²) in [5.74, 6) is 5.67. The van der Waals surface area contributed by atoms with Gasteiger partial charge < -0.3 is 14.4 Å². The normalized spacial score (nSPS) is 23.0. The zero-order chi connectivity index (χ0) is 15.6. The molecule has 1 aromatic rings. The Labute approximate surface area is 124 Å². The first-order chi connectivity index (χ1) is 9.90. The fraction of sp³-hybridized carbons (Fsp3) is 0.643. The zero-order valence-corrected chi connectivity index (χ0v) is 12.8. The van der Waals surface area contributed by atoms with Gasteiger partial charge in [-0.1, -0.05) is 0 Å². The van der Waals surface area contributed by atoms with Gasteiger partial charge in [0.15, 0.2) is 5.76 Å². The van der Waals surface area contributed by atoms with Crippen LogP contribution in [0, 0.1) is 6.92 Å². The van der Waals surface area contributed by atoms with E-state index in [9.17, 15) is 9.90 Å².